The Morgan fingerprint density at radius 1 is 0.857 bits per heavy atom. The fourth-order valence-electron chi connectivity index (χ4n) is 3.76. The first-order valence-corrected chi connectivity index (χ1v) is 12.7. The SMILES string of the molecule is CC[C@@H](C)NC(=O)[C@@H](Cc1ccccc1)N(Cc1ccccc1Cl)C(=O)Cc1c(Cl)cccc1Cl. The Kier molecular flexibility index (Phi) is 10.0. The molecule has 0 aliphatic rings. The highest BCUT2D eigenvalue weighted by atomic mass is 35.5. The molecular formula is C28H29Cl3N2O2. The van der Waals surface area contributed by atoms with E-state index in [2.05, 4.69) is 5.32 Å². The number of hydrogen-bond donors (Lipinski definition) is 1. The van der Waals surface area contributed by atoms with Crippen LogP contribution in [0.25, 0.3) is 0 Å². The number of hydrogen-bond acceptors (Lipinski definition) is 2. The maximum Gasteiger partial charge on any atom is 0.243 e. The van der Waals surface area contributed by atoms with Crippen LogP contribution in [0.2, 0.25) is 15.1 Å². The number of amides is 2. The fraction of sp³-hybridized carbons (Fsp3) is 0.286. The van der Waals surface area contributed by atoms with Crippen LogP contribution in [-0.2, 0) is 29.0 Å². The third kappa shape index (κ3) is 7.47. The van der Waals surface area contributed by atoms with E-state index in [1.807, 2.05) is 62.4 Å². The molecule has 0 aliphatic heterocycles. The summed E-state index contributed by atoms with van der Waals surface area (Å²) in [5.74, 6) is -0.478. The molecule has 3 aromatic carbocycles. The minimum absolute atomic E-state index is 0.0314. The largest absolute Gasteiger partial charge is 0.352 e. The Labute approximate surface area is 222 Å². The van der Waals surface area contributed by atoms with E-state index < -0.39 is 6.04 Å². The van der Waals surface area contributed by atoms with Crippen molar-refractivity contribution >= 4 is 46.6 Å². The topological polar surface area (TPSA) is 49.4 Å². The maximum atomic E-state index is 13.8. The van der Waals surface area contributed by atoms with Crippen LogP contribution in [-0.4, -0.2) is 28.8 Å². The molecule has 35 heavy (non-hydrogen) atoms. The van der Waals surface area contributed by atoms with Crippen molar-refractivity contribution in [3.63, 3.8) is 0 Å². The molecule has 0 radical (unpaired) electrons. The van der Waals surface area contributed by atoms with Gasteiger partial charge in [-0.3, -0.25) is 9.59 Å². The summed E-state index contributed by atoms with van der Waals surface area (Å²) in [6.07, 6.45) is 1.10. The number of benzene rings is 3. The molecule has 0 spiro atoms. The van der Waals surface area contributed by atoms with Crippen LogP contribution in [0.15, 0.2) is 72.8 Å². The number of halogens is 3. The lowest BCUT2D eigenvalue weighted by atomic mass is 10.0. The summed E-state index contributed by atoms with van der Waals surface area (Å²) in [6.45, 7) is 4.12. The first-order valence-electron chi connectivity index (χ1n) is 11.6. The fourth-order valence-corrected chi connectivity index (χ4v) is 4.49. The maximum absolute atomic E-state index is 13.8. The molecule has 2 atom stereocenters. The number of nitrogens with zero attached hydrogens (tertiary/aromatic N) is 1. The summed E-state index contributed by atoms with van der Waals surface area (Å²) < 4.78 is 0. The minimum atomic E-state index is -0.753. The van der Waals surface area contributed by atoms with Crippen LogP contribution >= 0.6 is 34.8 Å². The van der Waals surface area contributed by atoms with Gasteiger partial charge in [-0.1, -0.05) is 96.3 Å². The van der Waals surface area contributed by atoms with E-state index in [-0.39, 0.29) is 30.8 Å². The summed E-state index contributed by atoms with van der Waals surface area (Å²) in [5.41, 5.74) is 2.23. The van der Waals surface area contributed by atoms with E-state index in [0.717, 1.165) is 17.5 Å². The molecule has 0 heterocycles. The van der Waals surface area contributed by atoms with Gasteiger partial charge in [0, 0.05) is 34.1 Å². The van der Waals surface area contributed by atoms with Crippen LogP contribution in [0.1, 0.15) is 37.0 Å². The van der Waals surface area contributed by atoms with Crippen LogP contribution in [0.5, 0.6) is 0 Å². The lowest BCUT2D eigenvalue weighted by Crippen LogP contribution is -2.52. The van der Waals surface area contributed by atoms with Crippen molar-refractivity contribution in [2.45, 2.75) is 51.7 Å². The Morgan fingerprint density at radius 3 is 2.09 bits per heavy atom. The van der Waals surface area contributed by atoms with Crippen LogP contribution in [0.3, 0.4) is 0 Å². The highest BCUT2D eigenvalue weighted by Gasteiger charge is 2.32. The van der Waals surface area contributed by atoms with E-state index in [1.54, 1.807) is 29.2 Å². The first kappa shape index (κ1) is 27.1. The molecule has 3 aromatic rings. The van der Waals surface area contributed by atoms with E-state index >= 15 is 0 Å². The molecule has 4 nitrogen and oxygen atoms in total. The summed E-state index contributed by atoms with van der Waals surface area (Å²) in [7, 11) is 0. The van der Waals surface area contributed by atoms with Crippen molar-refractivity contribution in [1.29, 1.82) is 0 Å². The number of rotatable bonds is 10. The summed E-state index contributed by atoms with van der Waals surface area (Å²) in [5, 5.41) is 4.40. The number of carbonyl (C=O) groups is 2. The second-order valence-corrected chi connectivity index (χ2v) is 9.74. The van der Waals surface area contributed by atoms with E-state index in [0.29, 0.717) is 27.1 Å². The molecule has 0 bridgehead atoms. The summed E-state index contributed by atoms with van der Waals surface area (Å²) in [4.78, 5) is 28.9. The van der Waals surface area contributed by atoms with Gasteiger partial charge < -0.3 is 10.2 Å². The Hall–Kier alpha value is -2.53. The molecule has 3 rings (SSSR count). The Bertz CT molecular complexity index is 1130. The zero-order valence-electron chi connectivity index (χ0n) is 19.8. The zero-order valence-corrected chi connectivity index (χ0v) is 22.1. The van der Waals surface area contributed by atoms with Gasteiger partial charge in [0.1, 0.15) is 6.04 Å². The van der Waals surface area contributed by atoms with Crippen molar-refractivity contribution < 1.29 is 9.59 Å². The third-order valence-corrected chi connectivity index (χ3v) is 7.04. The molecular weight excluding hydrogens is 503 g/mol. The minimum Gasteiger partial charge on any atom is -0.352 e. The molecule has 0 saturated heterocycles. The highest BCUT2D eigenvalue weighted by molar-refractivity contribution is 6.36. The second-order valence-electron chi connectivity index (χ2n) is 8.51. The molecule has 184 valence electrons. The highest BCUT2D eigenvalue weighted by Crippen LogP contribution is 2.27. The van der Waals surface area contributed by atoms with Gasteiger partial charge in [-0.2, -0.15) is 0 Å². The smallest absolute Gasteiger partial charge is 0.243 e. The van der Waals surface area contributed by atoms with Gasteiger partial charge in [-0.15, -0.1) is 0 Å². The van der Waals surface area contributed by atoms with Crippen molar-refractivity contribution in [3.05, 3.63) is 105 Å². The van der Waals surface area contributed by atoms with Gasteiger partial charge in [0.15, 0.2) is 0 Å². The summed E-state index contributed by atoms with van der Waals surface area (Å²) >= 11 is 19.2. The van der Waals surface area contributed by atoms with Gasteiger partial charge in [-0.05, 0) is 48.2 Å². The standard InChI is InChI=1S/C28H29Cl3N2O2/c1-3-19(2)32-28(35)26(16-20-10-5-4-6-11-20)33(18-21-12-7-8-13-23(21)29)27(34)17-22-24(30)14-9-15-25(22)31/h4-15,19,26H,3,16-18H2,1-2H3,(H,32,35)/t19-,26-/m1/s1. The van der Waals surface area contributed by atoms with Crippen molar-refractivity contribution in [1.82, 2.24) is 10.2 Å². The van der Waals surface area contributed by atoms with Crippen LogP contribution in [0.4, 0.5) is 0 Å². The predicted molar refractivity (Wildman–Crippen MR) is 144 cm³/mol. The van der Waals surface area contributed by atoms with Gasteiger partial charge in [0.25, 0.3) is 0 Å². The normalized spacial score (nSPS) is 12.6. The van der Waals surface area contributed by atoms with Gasteiger partial charge in [0.2, 0.25) is 11.8 Å². The van der Waals surface area contributed by atoms with Crippen molar-refractivity contribution in [2.24, 2.45) is 0 Å². The lowest BCUT2D eigenvalue weighted by molar-refractivity contribution is -0.141. The van der Waals surface area contributed by atoms with E-state index in [1.165, 1.54) is 0 Å². The molecule has 2 amide bonds. The Morgan fingerprint density at radius 2 is 1.46 bits per heavy atom. The van der Waals surface area contributed by atoms with Crippen molar-refractivity contribution in [3.8, 4) is 0 Å². The predicted octanol–water partition coefficient (Wildman–Crippen LogP) is 6.74. The van der Waals surface area contributed by atoms with E-state index in [4.69, 9.17) is 34.8 Å². The van der Waals surface area contributed by atoms with Gasteiger partial charge in [-0.25, -0.2) is 0 Å². The van der Waals surface area contributed by atoms with Crippen molar-refractivity contribution in [2.75, 3.05) is 0 Å². The van der Waals surface area contributed by atoms with Gasteiger partial charge in [0.05, 0.1) is 6.42 Å². The lowest BCUT2D eigenvalue weighted by Gasteiger charge is -2.33. The monoisotopic (exact) mass is 530 g/mol. The van der Waals surface area contributed by atoms with Crippen LogP contribution in [0, 0.1) is 0 Å². The zero-order chi connectivity index (χ0) is 25.4. The molecule has 0 aliphatic carbocycles. The third-order valence-electron chi connectivity index (χ3n) is 5.96. The molecule has 0 fully saturated rings. The Balaban J connectivity index is 2.02. The van der Waals surface area contributed by atoms with Crippen LogP contribution < -0.4 is 5.32 Å². The number of nitrogens with one attached hydrogen (secondary N) is 1. The molecule has 1 N–H and O–H groups in total. The average Bonchev–Trinajstić information content (AvgIpc) is 2.85. The molecule has 0 unspecified atom stereocenters. The number of carbonyl (C=O) groups excluding carboxylic acids is 2. The first-order chi connectivity index (χ1) is 16.8. The average molecular weight is 532 g/mol. The molecule has 0 saturated carbocycles. The second kappa shape index (κ2) is 13.0. The summed E-state index contributed by atoms with van der Waals surface area (Å²) in [6, 6.07) is 21.3. The van der Waals surface area contributed by atoms with Gasteiger partial charge >= 0.3 is 0 Å². The molecule has 7 heteroatoms. The quantitative estimate of drug-likeness (QED) is 0.315. The van der Waals surface area contributed by atoms with E-state index in [9.17, 15) is 9.59 Å². The molecule has 0 aromatic heterocycles.